The van der Waals surface area contributed by atoms with Gasteiger partial charge in [0.2, 0.25) is 23.6 Å². The number of carbonyl (C=O) groups is 4. The van der Waals surface area contributed by atoms with Gasteiger partial charge in [-0.2, -0.15) is 0 Å². The summed E-state index contributed by atoms with van der Waals surface area (Å²) in [5.41, 5.74) is 22.5. The Morgan fingerprint density at radius 1 is 0.648 bits per heavy atom. The van der Waals surface area contributed by atoms with E-state index in [1.54, 1.807) is 12.1 Å². The predicted molar refractivity (Wildman–Crippen MR) is 214 cm³/mol. The van der Waals surface area contributed by atoms with Gasteiger partial charge < -0.3 is 38.5 Å². The molecule has 4 atom stereocenters. The van der Waals surface area contributed by atoms with E-state index in [-0.39, 0.29) is 25.2 Å². The van der Waals surface area contributed by atoms with Crippen LogP contribution in [-0.2, 0) is 32.0 Å². The lowest BCUT2D eigenvalue weighted by molar-refractivity contribution is -0.133. The smallest absolute Gasteiger partial charge is 0.243 e. The molecule has 11 N–H and O–H groups in total. The van der Waals surface area contributed by atoms with Crippen molar-refractivity contribution in [3.05, 3.63) is 118 Å². The zero-order valence-corrected chi connectivity index (χ0v) is 31.4. The minimum absolute atomic E-state index is 0.0619. The zero-order chi connectivity index (χ0) is 39.2. The quantitative estimate of drug-likeness (QED) is 0.0421. The van der Waals surface area contributed by atoms with E-state index in [4.69, 9.17) is 45.8 Å². The van der Waals surface area contributed by atoms with Crippen LogP contribution in [0.3, 0.4) is 0 Å². The Morgan fingerprint density at radius 2 is 1.19 bits per heavy atom. The molecule has 14 heteroatoms. The van der Waals surface area contributed by atoms with E-state index in [0.717, 1.165) is 27.8 Å². The molecule has 0 aromatic heterocycles. The summed E-state index contributed by atoms with van der Waals surface area (Å²) >= 11 is 12.3. The maximum Gasteiger partial charge on any atom is 0.243 e. The highest BCUT2D eigenvalue weighted by molar-refractivity contribution is 6.42. The van der Waals surface area contributed by atoms with Gasteiger partial charge in [0.1, 0.15) is 18.1 Å². The fourth-order valence-electron chi connectivity index (χ4n) is 5.67. The number of guanidine groups is 1. The number of primary amides is 1. The summed E-state index contributed by atoms with van der Waals surface area (Å²) in [7, 11) is 0. The van der Waals surface area contributed by atoms with Crippen molar-refractivity contribution in [2.45, 2.75) is 63.2 Å². The number of nitrogens with one attached hydrogen (secondary N) is 5. The van der Waals surface area contributed by atoms with Crippen LogP contribution in [0.1, 0.15) is 37.3 Å². The number of hydrogen-bond donors (Lipinski definition) is 8. The van der Waals surface area contributed by atoms with Crippen molar-refractivity contribution in [3.8, 4) is 22.3 Å². The van der Waals surface area contributed by atoms with Crippen molar-refractivity contribution in [2.75, 3.05) is 6.54 Å². The maximum atomic E-state index is 13.9. The molecule has 4 rings (SSSR count). The second kappa shape index (κ2) is 20.1. The maximum absolute atomic E-state index is 13.9. The van der Waals surface area contributed by atoms with Crippen LogP contribution in [-0.4, -0.2) is 60.3 Å². The number of unbranched alkanes of at least 4 members (excludes halogenated alkanes) is 1. The summed E-state index contributed by atoms with van der Waals surface area (Å²) in [6.07, 6.45) is 1.52. The van der Waals surface area contributed by atoms with Crippen LogP contribution >= 0.6 is 23.2 Å². The highest BCUT2D eigenvalue weighted by atomic mass is 35.5. The van der Waals surface area contributed by atoms with Crippen LogP contribution in [0.2, 0.25) is 10.0 Å². The molecule has 0 aliphatic rings. The van der Waals surface area contributed by atoms with Gasteiger partial charge >= 0.3 is 0 Å². The lowest BCUT2D eigenvalue weighted by Gasteiger charge is -2.25. The number of benzene rings is 4. The van der Waals surface area contributed by atoms with E-state index in [9.17, 15) is 19.2 Å². The average molecular weight is 774 g/mol. The topological polar surface area (TPSA) is 218 Å². The van der Waals surface area contributed by atoms with Gasteiger partial charge in [-0.05, 0) is 78.1 Å². The fraction of sp³-hybridized carbons (Fsp3) is 0.275. The minimum Gasteiger partial charge on any atom is -0.370 e. The Balaban J connectivity index is 1.49. The molecule has 0 aliphatic carbocycles. The number of rotatable bonds is 18. The van der Waals surface area contributed by atoms with Gasteiger partial charge in [0.25, 0.3) is 0 Å². The third-order valence-electron chi connectivity index (χ3n) is 8.79. The normalized spacial score (nSPS) is 13.1. The summed E-state index contributed by atoms with van der Waals surface area (Å²) in [5, 5.41) is 19.1. The van der Waals surface area contributed by atoms with Crippen LogP contribution in [0, 0.1) is 5.41 Å². The van der Waals surface area contributed by atoms with E-state index in [1.165, 1.54) is 6.92 Å². The molecule has 4 amide bonds. The first kappa shape index (κ1) is 41.3. The summed E-state index contributed by atoms with van der Waals surface area (Å²) in [6.45, 7) is 1.84. The minimum atomic E-state index is -1.13. The molecular formula is C40H46Cl2N8O4. The second-order valence-electron chi connectivity index (χ2n) is 13.0. The fourth-order valence-corrected chi connectivity index (χ4v) is 5.96. The Bertz CT molecular complexity index is 1910. The molecule has 0 heterocycles. The summed E-state index contributed by atoms with van der Waals surface area (Å²) in [4.78, 5) is 52.6. The number of carbonyl (C=O) groups excluding carboxylic acids is 4. The highest BCUT2D eigenvalue weighted by Gasteiger charge is 2.29. The van der Waals surface area contributed by atoms with Crippen molar-refractivity contribution in [2.24, 2.45) is 17.2 Å². The molecule has 12 nitrogen and oxygen atoms in total. The third kappa shape index (κ3) is 12.6. The highest BCUT2D eigenvalue weighted by Crippen LogP contribution is 2.29. The first-order valence-electron chi connectivity index (χ1n) is 17.5. The van der Waals surface area contributed by atoms with Crippen LogP contribution in [0.5, 0.6) is 0 Å². The van der Waals surface area contributed by atoms with E-state index >= 15 is 0 Å². The lowest BCUT2D eigenvalue weighted by atomic mass is 9.99. The summed E-state index contributed by atoms with van der Waals surface area (Å²) < 4.78 is 0. The number of amides is 4. The molecule has 54 heavy (non-hydrogen) atoms. The van der Waals surface area contributed by atoms with Gasteiger partial charge in [0, 0.05) is 13.0 Å². The first-order valence-corrected chi connectivity index (χ1v) is 18.3. The van der Waals surface area contributed by atoms with E-state index in [0.29, 0.717) is 35.0 Å². The summed E-state index contributed by atoms with van der Waals surface area (Å²) in [6, 6.07) is 26.1. The Morgan fingerprint density at radius 3 is 1.78 bits per heavy atom. The summed E-state index contributed by atoms with van der Waals surface area (Å²) in [5.74, 6) is -2.70. The van der Waals surface area contributed by atoms with Gasteiger partial charge in [-0.1, -0.05) is 108 Å². The molecule has 0 spiro atoms. The largest absolute Gasteiger partial charge is 0.370 e. The number of nitrogens with two attached hydrogens (primary N) is 3. The molecular weight excluding hydrogens is 727 g/mol. The average Bonchev–Trinajstić information content (AvgIpc) is 3.15. The molecule has 0 unspecified atom stereocenters. The van der Waals surface area contributed by atoms with Crippen molar-refractivity contribution in [3.63, 3.8) is 0 Å². The second-order valence-corrected chi connectivity index (χ2v) is 13.8. The molecule has 0 bridgehead atoms. The Kier molecular flexibility index (Phi) is 15.4. The van der Waals surface area contributed by atoms with E-state index in [2.05, 4.69) is 21.3 Å². The monoisotopic (exact) mass is 772 g/mol. The molecule has 4 aromatic rings. The van der Waals surface area contributed by atoms with Crippen molar-refractivity contribution >= 4 is 52.8 Å². The molecule has 0 fully saturated rings. The number of halogens is 2. The van der Waals surface area contributed by atoms with Crippen molar-refractivity contribution < 1.29 is 19.2 Å². The van der Waals surface area contributed by atoms with Gasteiger partial charge in [0.15, 0.2) is 5.96 Å². The van der Waals surface area contributed by atoms with Crippen LogP contribution in [0.4, 0.5) is 0 Å². The molecule has 0 saturated heterocycles. The van der Waals surface area contributed by atoms with Crippen LogP contribution in [0.15, 0.2) is 97.1 Å². The van der Waals surface area contributed by atoms with Crippen LogP contribution in [0.25, 0.3) is 22.3 Å². The predicted octanol–water partition coefficient (Wildman–Crippen LogP) is 4.05. The lowest BCUT2D eigenvalue weighted by Crippen LogP contribution is -2.57. The van der Waals surface area contributed by atoms with Crippen LogP contribution < -0.4 is 38.5 Å². The molecule has 0 aliphatic heterocycles. The SMILES string of the molecule is C[C@H](NC(=O)[C@H](Cc1ccc(-c2ccc(Cl)c(Cl)c2)cc1)NC(=O)[C@H](CCCCNC(=N)N)NC(=O)[C@@H](N)Cc1ccc(-c2ccccc2)cc1)C(N)=O. The number of hydrogen-bond acceptors (Lipinski definition) is 6. The molecule has 4 aromatic carbocycles. The van der Waals surface area contributed by atoms with Gasteiger partial charge in [0.05, 0.1) is 16.1 Å². The van der Waals surface area contributed by atoms with E-state index < -0.39 is 47.8 Å². The van der Waals surface area contributed by atoms with Gasteiger partial charge in [-0.15, -0.1) is 0 Å². The Labute approximate surface area is 325 Å². The molecule has 284 valence electrons. The molecule has 0 radical (unpaired) electrons. The third-order valence-corrected chi connectivity index (χ3v) is 9.53. The van der Waals surface area contributed by atoms with Gasteiger partial charge in [-0.25, -0.2) is 0 Å². The Hall–Kier alpha value is -5.43. The zero-order valence-electron chi connectivity index (χ0n) is 29.9. The standard InChI is InChI=1S/C40H46Cl2N8O4/c1-24(36(44)51)48-39(54)35(22-26-12-16-29(17-13-26)30-18-19-31(41)32(42)23-30)50-38(53)34(9-5-6-20-47-40(45)46)49-37(52)33(43)21-25-10-14-28(15-11-25)27-7-3-2-4-8-27/h2-4,7-8,10-19,23-24,33-35H,5-6,9,20-22,43H2,1H3,(H2,44,51)(H,48,54)(H,49,52)(H,50,53)(H4,45,46,47)/t24-,33-,34-,35-/m0/s1. The van der Waals surface area contributed by atoms with E-state index in [1.807, 2.05) is 84.9 Å². The van der Waals surface area contributed by atoms with Crippen molar-refractivity contribution in [1.82, 2.24) is 21.3 Å². The van der Waals surface area contributed by atoms with Gasteiger partial charge in [-0.3, -0.25) is 24.6 Å². The molecule has 0 saturated carbocycles. The van der Waals surface area contributed by atoms with Crippen molar-refractivity contribution in [1.29, 1.82) is 5.41 Å². The first-order chi connectivity index (χ1) is 25.8.